The van der Waals surface area contributed by atoms with Gasteiger partial charge in [-0.3, -0.25) is 0 Å². The highest BCUT2D eigenvalue weighted by atomic mass is 19.1. The number of aryl methyl sites for hydroxylation is 1. The van der Waals surface area contributed by atoms with Crippen LogP contribution in [0.1, 0.15) is 23.6 Å². The zero-order valence-electron chi connectivity index (χ0n) is 11.1. The maximum Gasteiger partial charge on any atom is 0.123 e. The average molecular weight is 261 g/mol. The van der Waals surface area contributed by atoms with E-state index >= 15 is 0 Å². The first-order valence-electron chi connectivity index (χ1n) is 6.18. The smallest absolute Gasteiger partial charge is 0.123 e. The van der Waals surface area contributed by atoms with E-state index in [1.807, 2.05) is 13.8 Å². The first-order valence-corrected chi connectivity index (χ1v) is 6.18. The van der Waals surface area contributed by atoms with Crippen LogP contribution in [0.3, 0.4) is 0 Å². The third-order valence-electron chi connectivity index (χ3n) is 3.37. The predicted molar refractivity (Wildman–Crippen MR) is 72.8 cm³/mol. The molecule has 19 heavy (non-hydrogen) atoms. The van der Waals surface area contributed by atoms with E-state index < -0.39 is 5.54 Å². The molecular weight excluding hydrogens is 244 g/mol. The fourth-order valence-corrected chi connectivity index (χ4v) is 2.19. The van der Waals surface area contributed by atoms with Crippen molar-refractivity contribution in [2.24, 2.45) is 5.73 Å². The van der Waals surface area contributed by atoms with Crippen LogP contribution in [0.2, 0.25) is 0 Å². The highest BCUT2D eigenvalue weighted by Gasteiger charge is 2.22. The van der Waals surface area contributed by atoms with E-state index in [4.69, 9.17) is 5.73 Å². The van der Waals surface area contributed by atoms with Gasteiger partial charge in [0, 0.05) is 5.54 Å². The lowest BCUT2D eigenvalue weighted by molar-refractivity contribution is 0.488. The summed E-state index contributed by atoms with van der Waals surface area (Å²) in [5, 5.41) is 0. The van der Waals surface area contributed by atoms with Crippen molar-refractivity contribution in [3.05, 3.63) is 70.8 Å². The van der Waals surface area contributed by atoms with Crippen LogP contribution in [0.4, 0.5) is 8.78 Å². The Hall–Kier alpha value is -1.74. The summed E-state index contributed by atoms with van der Waals surface area (Å²) in [6.45, 7) is 3.75. The summed E-state index contributed by atoms with van der Waals surface area (Å²) in [5.41, 5.74) is 8.42. The summed E-state index contributed by atoms with van der Waals surface area (Å²) < 4.78 is 26.0. The van der Waals surface area contributed by atoms with Crippen LogP contribution < -0.4 is 5.73 Å². The van der Waals surface area contributed by atoms with Gasteiger partial charge in [0.25, 0.3) is 0 Å². The van der Waals surface area contributed by atoms with Gasteiger partial charge in [0.05, 0.1) is 0 Å². The fourth-order valence-electron chi connectivity index (χ4n) is 2.19. The van der Waals surface area contributed by atoms with Crippen molar-refractivity contribution in [3.63, 3.8) is 0 Å². The predicted octanol–water partition coefficient (Wildman–Crippen LogP) is 3.69. The summed E-state index contributed by atoms with van der Waals surface area (Å²) in [6, 6.07) is 10.9. The van der Waals surface area contributed by atoms with Gasteiger partial charge >= 0.3 is 0 Å². The maximum atomic E-state index is 13.1. The first-order chi connectivity index (χ1) is 8.88. The summed E-state index contributed by atoms with van der Waals surface area (Å²) in [4.78, 5) is 0. The van der Waals surface area contributed by atoms with Gasteiger partial charge in [-0.25, -0.2) is 8.78 Å². The minimum Gasteiger partial charge on any atom is -0.321 e. The zero-order valence-corrected chi connectivity index (χ0v) is 11.1. The number of hydrogen-bond acceptors (Lipinski definition) is 1. The molecule has 0 bridgehead atoms. The van der Waals surface area contributed by atoms with Crippen molar-refractivity contribution in [2.45, 2.75) is 25.8 Å². The van der Waals surface area contributed by atoms with Crippen LogP contribution in [0, 0.1) is 18.6 Å². The van der Waals surface area contributed by atoms with Crippen LogP contribution in [0.5, 0.6) is 0 Å². The second-order valence-electron chi connectivity index (χ2n) is 5.17. The van der Waals surface area contributed by atoms with Gasteiger partial charge < -0.3 is 5.73 Å². The van der Waals surface area contributed by atoms with Crippen LogP contribution >= 0.6 is 0 Å². The number of nitrogens with two attached hydrogens (primary N) is 1. The fraction of sp³-hybridized carbons (Fsp3) is 0.250. The molecule has 0 fully saturated rings. The molecule has 0 heterocycles. The molecule has 1 atom stereocenters. The molecule has 0 aliphatic heterocycles. The molecule has 0 saturated heterocycles. The lowest BCUT2D eigenvalue weighted by atomic mass is 9.85. The monoisotopic (exact) mass is 261 g/mol. The Kier molecular flexibility index (Phi) is 3.67. The quantitative estimate of drug-likeness (QED) is 0.896. The zero-order chi connectivity index (χ0) is 14.0. The molecule has 2 aromatic rings. The van der Waals surface area contributed by atoms with Crippen molar-refractivity contribution in [1.82, 2.24) is 0 Å². The highest BCUT2D eigenvalue weighted by molar-refractivity contribution is 5.32. The molecule has 0 radical (unpaired) electrons. The molecule has 3 heteroatoms. The standard InChI is InChI=1S/C16H17F2N/c1-11-9-15(18)6-3-12(11)10-16(2,19)13-4-7-14(17)8-5-13/h3-9H,10,19H2,1-2H3. The summed E-state index contributed by atoms with van der Waals surface area (Å²) in [7, 11) is 0. The van der Waals surface area contributed by atoms with E-state index in [0.29, 0.717) is 6.42 Å². The molecule has 2 aromatic carbocycles. The topological polar surface area (TPSA) is 26.0 Å². The van der Waals surface area contributed by atoms with Crippen LogP contribution in [-0.4, -0.2) is 0 Å². The van der Waals surface area contributed by atoms with Crippen molar-refractivity contribution in [3.8, 4) is 0 Å². The SMILES string of the molecule is Cc1cc(F)ccc1CC(C)(N)c1ccc(F)cc1. The lowest BCUT2D eigenvalue weighted by Gasteiger charge is -2.26. The molecule has 0 aromatic heterocycles. The van der Waals surface area contributed by atoms with Crippen LogP contribution in [-0.2, 0) is 12.0 Å². The van der Waals surface area contributed by atoms with E-state index in [9.17, 15) is 8.78 Å². The molecular formula is C16H17F2N. The third-order valence-corrected chi connectivity index (χ3v) is 3.37. The molecule has 2 N–H and O–H groups in total. The summed E-state index contributed by atoms with van der Waals surface area (Å²) in [6.07, 6.45) is 0.574. The van der Waals surface area contributed by atoms with Gasteiger partial charge in [-0.05, 0) is 61.2 Å². The van der Waals surface area contributed by atoms with Gasteiger partial charge in [0.2, 0.25) is 0 Å². The van der Waals surface area contributed by atoms with Crippen LogP contribution in [0.15, 0.2) is 42.5 Å². The summed E-state index contributed by atoms with van der Waals surface area (Å²) in [5.74, 6) is -0.528. The molecule has 2 rings (SSSR count). The van der Waals surface area contributed by atoms with Gasteiger partial charge in [-0.2, -0.15) is 0 Å². The Morgan fingerprint density at radius 2 is 1.58 bits per heavy atom. The number of hydrogen-bond donors (Lipinski definition) is 1. The molecule has 1 unspecified atom stereocenters. The van der Waals surface area contributed by atoms with Crippen molar-refractivity contribution >= 4 is 0 Å². The number of halogens is 2. The van der Waals surface area contributed by atoms with Crippen LogP contribution in [0.25, 0.3) is 0 Å². The maximum absolute atomic E-state index is 13.1. The van der Waals surface area contributed by atoms with Gasteiger partial charge in [0.1, 0.15) is 11.6 Å². The molecule has 1 nitrogen and oxygen atoms in total. The van der Waals surface area contributed by atoms with Crippen molar-refractivity contribution in [2.75, 3.05) is 0 Å². The molecule has 100 valence electrons. The normalized spacial score (nSPS) is 14.2. The van der Waals surface area contributed by atoms with E-state index in [1.54, 1.807) is 18.2 Å². The lowest BCUT2D eigenvalue weighted by Crippen LogP contribution is -2.35. The van der Waals surface area contributed by atoms with E-state index in [0.717, 1.165) is 16.7 Å². The van der Waals surface area contributed by atoms with E-state index in [2.05, 4.69) is 0 Å². The average Bonchev–Trinajstić information content (AvgIpc) is 2.33. The molecule has 0 saturated carbocycles. The Morgan fingerprint density at radius 1 is 1.00 bits per heavy atom. The van der Waals surface area contributed by atoms with E-state index in [-0.39, 0.29) is 11.6 Å². The molecule has 0 aliphatic carbocycles. The Balaban J connectivity index is 2.27. The Morgan fingerprint density at radius 3 is 2.16 bits per heavy atom. The third kappa shape index (κ3) is 3.18. The first kappa shape index (κ1) is 13.7. The highest BCUT2D eigenvalue weighted by Crippen LogP contribution is 2.24. The van der Waals surface area contributed by atoms with E-state index in [1.165, 1.54) is 24.3 Å². The minimum atomic E-state index is -0.615. The number of rotatable bonds is 3. The Labute approximate surface area is 112 Å². The van der Waals surface area contributed by atoms with Crippen molar-refractivity contribution in [1.29, 1.82) is 0 Å². The van der Waals surface area contributed by atoms with Gasteiger partial charge in [0.15, 0.2) is 0 Å². The van der Waals surface area contributed by atoms with Crippen molar-refractivity contribution < 1.29 is 8.78 Å². The molecule has 0 aliphatic rings. The summed E-state index contributed by atoms with van der Waals surface area (Å²) >= 11 is 0. The second-order valence-corrected chi connectivity index (χ2v) is 5.17. The second kappa shape index (κ2) is 5.10. The Bertz CT molecular complexity index is 574. The van der Waals surface area contributed by atoms with Gasteiger partial charge in [-0.1, -0.05) is 18.2 Å². The van der Waals surface area contributed by atoms with Gasteiger partial charge in [-0.15, -0.1) is 0 Å². The minimum absolute atomic E-state index is 0.248. The molecule has 0 spiro atoms. The largest absolute Gasteiger partial charge is 0.321 e. The number of benzene rings is 2. The molecule has 0 amide bonds.